The van der Waals surface area contributed by atoms with E-state index in [1.807, 2.05) is 42.3 Å². The van der Waals surface area contributed by atoms with Crippen molar-refractivity contribution in [2.45, 2.75) is 104 Å². The third-order valence-electron chi connectivity index (χ3n) is 13.5. The van der Waals surface area contributed by atoms with Crippen LogP contribution < -0.4 is 9.79 Å². The van der Waals surface area contributed by atoms with Gasteiger partial charge >= 0.3 is 0 Å². The molecular weight excluding hydrogens is 722 g/mol. The number of aliphatic hydroxyl groups excluding tert-OH is 1. The van der Waals surface area contributed by atoms with Crippen molar-refractivity contribution in [1.29, 1.82) is 0 Å². The fraction of sp³-hybridized carbons (Fsp3) is 1.00. The van der Waals surface area contributed by atoms with Crippen LogP contribution in [0.15, 0.2) is 0 Å². The normalized spacial score (nSPS) is 37.6. The Morgan fingerprint density at radius 1 is 0.755 bits per heavy atom. The molecule has 0 aromatic heterocycles. The highest BCUT2D eigenvalue weighted by Gasteiger charge is 2.66. The monoisotopic (exact) mass is 796 g/mol. The Morgan fingerprint density at radius 2 is 1.30 bits per heavy atom. The number of phosphoric ester groups is 2. The van der Waals surface area contributed by atoms with Gasteiger partial charge in [-0.2, -0.15) is 0 Å². The first-order chi connectivity index (χ1) is 24.5. The van der Waals surface area contributed by atoms with Crippen molar-refractivity contribution in [3.05, 3.63) is 0 Å². The van der Waals surface area contributed by atoms with Crippen molar-refractivity contribution in [3.8, 4) is 0 Å². The molecule has 53 heavy (non-hydrogen) atoms. The molecule has 4 saturated carbocycles. The Labute approximate surface area is 320 Å². The number of rotatable bonds is 21. The highest BCUT2D eigenvalue weighted by atomic mass is 31.2. The first kappa shape index (κ1) is 45.7. The van der Waals surface area contributed by atoms with Crippen LogP contribution in [0, 0.1) is 46.3 Å². The van der Waals surface area contributed by atoms with E-state index in [-0.39, 0.29) is 86.5 Å². The second-order valence-electron chi connectivity index (χ2n) is 19.2. The summed E-state index contributed by atoms with van der Waals surface area (Å²) in [6.07, 6.45) is 7.87. The third kappa shape index (κ3) is 12.0. The van der Waals surface area contributed by atoms with Gasteiger partial charge in [-0.05, 0) is 85.9 Å². The SMILES string of the molecule is CCC[C@@H](C)[C@H]1CC[C@H]2[C@@H]3[C@H](OCCOP(=O)([O-])OCC[N+](C)(C)C)C[C@@H]4C[C@H](O)CC[C@]4(C)[C@H]3C[C@H](OCCOP(=O)([O-])OCC[N+](C)(C)C)[C@]12C. The summed E-state index contributed by atoms with van der Waals surface area (Å²) in [4.78, 5) is 25.1. The molecule has 13 nitrogen and oxygen atoms in total. The van der Waals surface area contributed by atoms with Crippen molar-refractivity contribution >= 4 is 15.6 Å². The molecule has 0 aromatic carbocycles. The molecule has 0 saturated heterocycles. The summed E-state index contributed by atoms with van der Waals surface area (Å²) in [6.45, 7) is 10.6. The van der Waals surface area contributed by atoms with Gasteiger partial charge in [0.1, 0.15) is 26.3 Å². The Balaban J connectivity index is 1.52. The number of quaternary nitrogens is 2. The lowest BCUT2D eigenvalue weighted by Gasteiger charge is -2.64. The number of phosphoric acid groups is 2. The standard InChI is InChI=1S/C38H74N2O11P2/c1-11-12-28(2)31-13-14-32-36-33(27-35(38(31,32)4)47-22-24-51-53(44,45)49-20-18-40(8,9)10)37(3)16-15-30(41)25-29(37)26-34(36)46-21-23-50-52(42,43)48-19-17-39(5,6)7/h28-36,41H,11-27H2,1-10H3/t28-,29+,30-,31-,32+,33+,34-,35+,36+,37+,38-/m1/s1. The third-order valence-corrected chi connectivity index (χ3v) is 15.5. The molecule has 0 aromatic rings. The van der Waals surface area contributed by atoms with Gasteiger partial charge in [0.05, 0.1) is 87.0 Å². The van der Waals surface area contributed by atoms with Crippen LogP contribution in [0.4, 0.5) is 0 Å². The predicted octanol–water partition coefficient (Wildman–Crippen LogP) is 4.85. The van der Waals surface area contributed by atoms with E-state index in [0.717, 1.165) is 57.8 Å². The van der Waals surface area contributed by atoms with Gasteiger partial charge < -0.3 is 51.4 Å². The average Bonchev–Trinajstić information content (AvgIpc) is 3.38. The lowest BCUT2D eigenvalue weighted by atomic mass is 9.43. The summed E-state index contributed by atoms with van der Waals surface area (Å²) in [6, 6.07) is 0. The minimum absolute atomic E-state index is 0.0128. The second-order valence-corrected chi connectivity index (χ2v) is 22.1. The van der Waals surface area contributed by atoms with Crippen LogP contribution in [0.25, 0.3) is 0 Å². The van der Waals surface area contributed by atoms with Crippen LogP contribution in [0.3, 0.4) is 0 Å². The van der Waals surface area contributed by atoms with E-state index >= 15 is 0 Å². The maximum atomic E-state index is 12.6. The molecule has 4 rings (SSSR count). The number of ether oxygens (including phenoxy) is 2. The number of nitrogens with zero attached hydrogens (tertiary/aromatic N) is 2. The highest BCUT2D eigenvalue weighted by Crippen LogP contribution is 2.69. The molecule has 0 aliphatic heterocycles. The zero-order chi connectivity index (χ0) is 39.5. The second kappa shape index (κ2) is 18.3. The molecular formula is C38H74N2O11P2. The van der Waals surface area contributed by atoms with E-state index in [0.29, 0.717) is 39.8 Å². The van der Waals surface area contributed by atoms with Crippen LogP contribution in [0.5, 0.6) is 0 Å². The molecule has 13 atom stereocenters. The molecule has 15 heteroatoms. The van der Waals surface area contributed by atoms with E-state index in [9.17, 15) is 24.0 Å². The quantitative estimate of drug-likeness (QED) is 0.0964. The van der Waals surface area contributed by atoms with Gasteiger partial charge in [0.2, 0.25) is 0 Å². The molecule has 1 N–H and O–H groups in total. The number of likely N-dealkylation sites (N-methyl/N-ethyl adjacent to an activating group) is 2. The van der Waals surface area contributed by atoms with Gasteiger partial charge in [-0.3, -0.25) is 9.13 Å². The minimum Gasteiger partial charge on any atom is -0.756 e. The van der Waals surface area contributed by atoms with Gasteiger partial charge in [0.25, 0.3) is 15.6 Å². The lowest BCUT2D eigenvalue weighted by Crippen LogP contribution is -2.63. The molecule has 2 unspecified atom stereocenters. The minimum atomic E-state index is -4.47. The summed E-state index contributed by atoms with van der Waals surface area (Å²) < 4.78 is 60.5. The van der Waals surface area contributed by atoms with E-state index in [2.05, 4.69) is 27.7 Å². The smallest absolute Gasteiger partial charge is 0.268 e. The van der Waals surface area contributed by atoms with Crippen molar-refractivity contribution in [3.63, 3.8) is 0 Å². The number of aliphatic hydroxyl groups is 1. The molecule has 0 radical (unpaired) electrons. The van der Waals surface area contributed by atoms with E-state index in [1.54, 1.807) is 0 Å². The molecule has 0 bridgehead atoms. The summed E-state index contributed by atoms with van der Waals surface area (Å²) in [5.74, 6) is 1.99. The summed E-state index contributed by atoms with van der Waals surface area (Å²) in [5, 5.41) is 10.8. The maximum Gasteiger partial charge on any atom is 0.268 e. The van der Waals surface area contributed by atoms with E-state index in [1.165, 1.54) is 0 Å². The van der Waals surface area contributed by atoms with Crippen LogP contribution >= 0.6 is 15.6 Å². The first-order valence-electron chi connectivity index (χ1n) is 20.2. The van der Waals surface area contributed by atoms with Gasteiger partial charge in [-0.1, -0.05) is 40.5 Å². The van der Waals surface area contributed by atoms with Crippen LogP contribution in [-0.2, 0) is 36.7 Å². The fourth-order valence-electron chi connectivity index (χ4n) is 10.8. The fourth-order valence-corrected chi connectivity index (χ4v) is 12.1. The van der Waals surface area contributed by atoms with Crippen LogP contribution in [0.1, 0.15) is 85.5 Å². The van der Waals surface area contributed by atoms with Gasteiger partial charge in [0, 0.05) is 5.41 Å². The Morgan fingerprint density at radius 3 is 1.85 bits per heavy atom. The molecule has 4 aliphatic carbocycles. The zero-order valence-corrected chi connectivity index (χ0v) is 36.3. The summed E-state index contributed by atoms with van der Waals surface area (Å²) in [7, 11) is 2.89. The number of hydrogen-bond acceptors (Lipinski definition) is 11. The molecule has 4 fully saturated rings. The average molecular weight is 797 g/mol. The predicted molar refractivity (Wildman–Crippen MR) is 200 cm³/mol. The van der Waals surface area contributed by atoms with Gasteiger partial charge in [0.15, 0.2) is 0 Å². The van der Waals surface area contributed by atoms with Crippen molar-refractivity contribution < 1.29 is 60.6 Å². The Hall–Kier alpha value is 0.0200. The van der Waals surface area contributed by atoms with E-state index in [4.69, 9.17) is 27.6 Å². The largest absolute Gasteiger partial charge is 0.756 e. The maximum absolute atomic E-state index is 12.6. The van der Waals surface area contributed by atoms with Crippen molar-refractivity contribution in [2.75, 3.05) is 95.0 Å². The Kier molecular flexibility index (Phi) is 15.8. The molecule has 0 heterocycles. The number of fused-ring (bicyclic) bond motifs is 5. The molecule has 0 spiro atoms. The lowest BCUT2D eigenvalue weighted by molar-refractivity contribution is -0.870. The zero-order valence-electron chi connectivity index (χ0n) is 34.5. The Bertz CT molecular complexity index is 1260. The summed E-state index contributed by atoms with van der Waals surface area (Å²) >= 11 is 0. The van der Waals surface area contributed by atoms with Crippen LogP contribution in [0.2, 0.25) is 0 Å². The van der Waals surface area contributed by atoms with Gasteiger partial charge in [-0.25, -0.2) is 0 Å². The topological polar surface area (TPSA) is 156 Å². The van der Waals surface area contributed by atoms with Gasteiger partial charge in [-0.15, -0.1) is 0 Å². The molecule has 312 valence electrons. The van der Waals surface area contributed by atoms with E-state index < -0.39 is 15.6 Å². The summed E-state index contributed by atoms with van der Waals surface area (Å²) in [5.41, 5.74) is -0.182. The first-order valence-corrected chi connectivity index (χ1v) is 23.2. The highest BCUT2D eigenvalue weighted by molar-refractivity contribution is 7.46. The molecule has 4 aliphatic rings. The van der Waals surface area contributed by atoms with Crippen LogP contribution in [-0.4, -0.2) is 127 Å². The van der Waals surface area contributed by atoms with Crippen molar-refractivity contribution in [1.82, 2.24) is 0 Å². The molecule has 0 amide bonds. The number of hydrogen-bond donors (Lipinski definition) is 1. The van der Waals surface area contributed by atoms with Crippen molar-refractivity contribution in [2.24, 2.45) is 46.3 Å².